The molecule has 0 bridgehead atoms. The summed E-state index contributed by atoms with van der Waals surface area (Å²) in [6.07, 6.45) is 2.02. The number of rotatable bonds is 7. The van der Waals surface area contributed by atoms with Gasteiger partial charge in [-0.05, 0) is 18.6 Å². The molecule has 1 atom stereocenters. The van der Waals surface area contributed by atoms with E-state index in [9.17, 15) is 14.4 Å². The lowest BCUT2D eigenvalue weighted by molar-refractivity contribution is -0.128. The minimum atomic E-state index is -0.797. The van der Waals surface area contributed by atoms with Gasteiger partial charge in [-0.3, -0.25) is 14.4 Å². The number of aromatic amines is 1. The van der Waals surface area contributed by atoms with Gasteiger partial charge in [0.2, 0.25) is 22.8 Å². The zero-order valence-electron chi connectivity index (χ0n) is 19.9. The van der Waals surface area contributed by atoms with Crippen LogP contribution < -0.4 is 16.1 Å². The fraction of sp³-hybridized carbons (Fsp3) is 0.179. The van der Waals surface area contributed by atoms with Crippen LogP contribution in [0.2, 0.25) is 0 Å². The van der Waals surface area contributed by atoms with Crippen molar-refractivity contribution in [3.05, 3.63) is 94.0 Å². The Bertz CT molecular complexity index is 1630. The molecule has 3 heterocycles. The molecule has 0 aliphatic rings. The van der Waals surface area contributed by atoms with Crippen LogP contribution in [0.5, 0.6) is 0 Å². The van der Waals surface area contributed by atoms with E-state index in [1.54, 1.807) is 6.92 Å². The van der Waals surface area contributed by atoms with Crippen LogP contribution in [-0.4, -0.2) is 29.9 Å². The molecule has 0 radical (unpaired) electrons. The van der Waals surface area contributed by atoms with Gasteiger partial charge < -0.3 is 24.5 Å². The standard InChI is InChI=1S/C28H25N3O5/c1-16-12-23(32)27-26(35-16)20(25(36-27)17-8-4-3-5-9-17)14-24(33)31-22(28(34)29-2)13-18-15-30-21-11-7-6-10-19(18)21/h3-12,15,22,30H,13-14H2,1-2H3,(H,29,34)(H,31,33)/t22-/m1/s1. The summed E-state index contributed by atoms with van der Waals surface area (Å²) in [4.78, 5) is 41.7. The van der Waals surface area contributed by atoms with Crippen LogP contribution in [0.4, 0.5) is 0 Å². The monoisotopic (exact) mass is 483 g/mol. The van der Waals surface area contributed by atoms with E-state index in [1.807, 2.05) is 60.8 Å². The second-order valence-electron chi connectivity index (χ2n) is 8.63. The molecule has 182 valence electrons. The van der Waals surface area contributed by atoms with Gasteiger partial charge in [-0.25, -0.2) is 0 Å². The summed E-state index contributed by atoms with van der Waals surface area (Å²) in [6.45, 7) is 1.67. The molecule has 3 aromatic heterocycles. The minimum Gasteiger partial charge on any atom is -0.457 e. The topological polar surface area (TPSA) is 117 Å². The van der Waals surface area contributed by atoms with Gasteiger partial charge in [0.05, 0.1) is 12.0 Å². The molecular weight excluding hydrogens is 458 g/mol. The van der Waals surface area contributed by atoms with E-state index in [1.165, 1.54) is 13.1 Å². The molecule has 0 saturated heterocycles. The lowest BCUT2D eigenvalue weighted by Gasteiger charge is -2.17. The molecule has 0 saturated carbocycles. The first-order valence-corrected chi connectivity index (χ1v) is 11.6. The normalized spacial score (nSPS) is 12.1. The fourth-order valence-corrected chi connectivity index (χ4v) is 4.45. The second-order valence-corrected chi connectivity index (χ2v) is 8.63. The number of likely N-dealkylation sites (N-methyl/N-ethyl adjacent to an activating group) is 1. The number of hydrogen-bond acceptors (Lipinski definition) is 5. The molecule has 0 unspecified atom stereocenters. The first kappa shape index (κ1) is 23.2. The molecule has 8 nitrogen and oxygen atoms in total. The molecule has 3 N–H and O–H groups in total. The van der Waals surface area contributed by atoms with Gasteiger partial charge in [0.15, 0.2) is 5.58 Å². The van der Waals surface area contributed by atoms with Crippen LogP contribution in [0.15, 0.2) is 80.5 Å². The maximum absolute atomic E-state index is 13.3. The lowest BCUT2D eigenvalue weighted by atomic mass is 10.0. The van der Waals surface area contributed by atoms with Crippen molar-refractivity contribution in [2.24, 2.45) is 0 Å². The van der Waals surface area contributed by atoms with Crippen LogP contribution in [0.25, 0.3) is 33.4 Å². The molecule has 2 amide bonds. The lowest BCUT2D eigenvalue weighted by Crippen LogP contribution is -2.47. The van der Waals surface area contributed by atoms with Crippen LogP contribution in [-0.2, 0) is 22.4 Å². The van der Waals surface area contributed by atoms with E-state index in [0.29, 0.717) is 29.1 Å². The summed E-state index contributed by atoms with van der Waals surface area (Å²) >= 11 is 0. The van der Waals surface area contributed by atoms with Crippen LogP contribution in [0, 0.1) is 6.92 Å². The number of amides is 2. The number of aryl methyl sites for hydroxylation is 1. The highest BCUT2D eigenvalue weighted by Crippen LogP contribution is 2.33. The predicted molar refractivity (Wildman–Crippen MR) is 137 cm³/mol. The Balaban J connectivity index is 1.47. The van der Waals surface area contributed by atoms with Crippen molar-refractivity contribution < 1.29 is 18.4 Å². The number of nitrogens with one attached hydrogen (secondary N) is 3. The van der Waals surface area contributed by atoms with E-state index in [0.717, 1.165) is 16.5 Å². The SMILES string of the molecule is CNC(=O)[C@@H](Cc1c[nH]c2ccccc12)NC(=O)Cc1c(-c2ccccc2)oc2c(=O)cc(C)oc12. The molecule has 0 fully saturated rings. The Morgan fingerprint density at radius 1 is 1.00 bits per heavy atom. The van der Waals surface area contributed by atoms with Gasteiger partial charge in [0.25, 0.3) is 0 Å². The van der Waals surface area contributed by atoms with Gasteiger partial charge in [-0.2, -0.15) is 0 Å². The average Bonchev–Trinajstić information content (AvgIpc) is 3.45. The molecule has 5 aromatic rings. The Morgan fingerprint density at radius 3 is 2.53 bits per heavy atom. The summed E-state index contributed by atoms with van der Waals surface area (Å²) in [5.74, 6) is 0.0984. The van der Waals surface area contributed by atoms with Crippen molar-refractivity contribution >= 4 is 33.9 Å². The van der Waals surface area contributed by atoms with E-state index in [4.69, 9.17) is 8.83 Å². The Kier molecular flexibility index (Phi) is 6.16. The number of benzene rings is 2. The van der Waals surface area contributed by atoms with Crippen molar-refractivity contribution in [2.75, 3.05) is 7.05 Å². The van der Waals surface area contributed by atoms with Crippen molar-refractivity contribution in [3.8, 4) is 11.3 Å². The molecule has 5 rings (SSSR count). The van der Waals surface area contributed by atoms with Crippen molar-refractivity contribution in [1.29, 1.82) is 0 Å². The average molecular weight is 484 g/mol. The van der Waals surface area contributed by atoms with E-state index >= 15 is 0 Å². The van der Waals surface area contributed by atoms with Crippen molar-refractivity contribution in [2.45, 2.75) is 25.8 Å². The second kappa shape index (κ2) is 9.58. The quantitative estimate of drug-likeness (QED) is 0.325. The summed E-state index contributed by atoms with van der Waals surface area (Å²) in [5.41, 5.74) is 3.02. The molecule has 0 aliphatic carbocycles. The number of aromatic nitrogens is 1. The minimum absolute atomic E-state index is 0.0592. The summed E-state index contributed by atoms with van der Waals surface area (Å²) in [6, 6.07) is 17.6. The van der Waals surface area contributed by atoms with Gasteiger partial charge in [-0.15, -0.1) is 0 Å². The third kappa shape index (κ3) is 4.40. The maximum atomic E-state index is 13.3. The van der Waals surface area contributed by atoms with Gasteiger partial charge in [0.1, 0.15) is 17.6 Å². The maximum Gasteiger partial charge on any atom is 0.242 e. The molecule has 2 aromatic carbocycles. The Morgan fingerprint density at radius 2 is 1.75 bits per heavy atom. The third-order valence-corrected chi connectivity index (χ3v) is 6.15. The summed E-state index contributed by atoms with van der Waals surface area (Å²) in [7, 11) is 1.53. The Hall–Kier alpha value is -4.59. The highest BCUT2D eigenvalue weighted by Gasteiger charge is 2.26. The molecule has 0 aliphatic heterocycles. The highest BCUT2D eigenvalue weighted by molar-refractivity contribution is 5.93. The smallest absolute Gasteiger partial charge is 0.242 e. The number of fused-ring (bicyclic) bond motifs is 2. The van der Waals surface area contributed by atoms with Crippen LogP contribution in [0.1, 0.15) is 16.9 Å². The molecule has 36 heavy (non-hydrogen) atoms. The zero-order chi connectivity index (χ0) is 25.2. The van der Waals surface area contributed by atoms with Gasteiger partial charge in [0, 0.05) is 42.2 Å². The van der Waals surface area contributed by atoms with Gasteiger partial charge in [-0.1, -0.05) is 48.5 Å². The highest BCUT2D eigenvalue weighted by atomic mass is 16.4. The molecule has 8 heteroatoms. The largest absolute Gasteiger partial charge is 0.457 e. The van der Waals surface area contributed by atoms with Gasteiger partial charge >= 0.3 is 0 Å². The van der Waals surface area contributed by atoms with Crippen LogP contribution >= 0.6 is 0 Å². The Labute approximate surface area is 206 Å². The summed E-state index contributed by atoms with van der Waals surface area (Å²) in [5, 5.41) is 6.48. The zero-order valence-corrected chi connectivity index (χ0v) is 19.9. The van der Waals surface area contributed by atoms with E-state index in [2.05, 4.69) is 15.6 Å². The number of carbonyl (C=O) groups excluding carboxylic acids is 2. The van der Waals surface area contributed by atoms with E-state index < -0.39 is 11.9 Å². The summed E-state index contributed by atoms with van der Waals surface area (Å²) < 4.78 is 11.7. The molecular formula is C28H25N3O5. The first-order valence-electron chi connectivity index (χ1n) is 11.6. The first-order chi connectivity index (χ1) is 17.4. The fourth-order valence-electron chi connectivity index (χ4n) is 4.45. The van der Waals surface area contributed by atoms with Crippen molar-refractivity contribution in [3.63, 3.8) is 0 Å². The number of H-pyrrole nitrogens is 1. The number of carbonyl (C=O) groups is 2. The number of hydrogen-bond donors (Lipinski definition) is 3. The van der Waals surface area contributed by atoms with E-state index in [-0.39, 0.29) is 28.9 Å². The van der Waals surface area contributed by atoms with Crippen LogP contribution in [0.3, 0.4) is 0 Å². The number of furan rings is 1. The predicted octanol–water partition coefficient (Wildman–Crippen LogP) is 3.86. The molecule has 0 spiro atoms. The van der Waals surface area contributed by atoms with Crippen molar-refractivity contribution in [1.82, 2.24) is 15.6 Å². The number of para-hydroxylation sites is 1. The third-order valence-electron chi connectivity index (χ3n) is 6.15.